The quantitative estimate of drug-likeness (QED) is 0.891. The van der Waals surface area contributed by atoms with Crippen LogP contribution in [-0.4, -0.2) is 34.3 Å². The Bertz CT molecular complexity index is 576. The van der Waals surface area contributed by atoms with E-state index in [0.717, 1.165) is 0 Å². The highest BCUT2D eigenvalue weighted by Crippen LogP contribution is 2.28. The van der Waals surface area contributed by atoms with Gasteiger partial charge in [-0.25, -0.2) is 13.1 Å². The van der Waals surface area contributed by atoms with Crippen LogP contribution in [0.25, 0.3) is 0 Å². The number of nitrogens with one attached hydrogen (secondary N) is 1. The van der Waals surface area contributed by atoms with Gasteiger partial charge in [0.25, 0.3) is 0 Å². The van der Waals surface area contributed by atoms with Gasteiger partial charge in [-0.2, -0.15) is 0 Å². The second-order valence-electron chi connectivity index (χ2n) is 4.82. The summed E-state index contributed by atoms with van der Waals surface area (Å²) < 4.78 is 39.0. The van der Waals surface area contributed by atoms with Gasteiger partial charge >= 0.3 is 0 Å². The molecule has 7 heteroatoms. The van der Waals surface area contributed by atoms with E-state index in [0.29, 0.717) is 29.7 Å². The average Bonchev–Trinajstić information content (AvgIpc) is 2.38. The molecule has 2 atom stereocenters. The van der Waals surface area contributed by atoms with Crippen molar-refractivity contribution in [1.82, 2.24) is 4.72 Å². The Morgan fingerprint density at radius 3 is 2.85 bits per heavy atom. The van der Waals surface area contributed by atoms with Crippen LogP contribution in [0.4, 0.5) is 0 Å². The molecule has 1 aromatic rings. The molecule has 0 saturated carbocycles. The monoisotopic (exact) mass is 363 g/mol. The predicted octanol–water partition coefficient (Wildman–Crippen LogP) is 2.30. The molecule has 1 aliphatic rings. The normalized spacial score (nSPS) is 23.6. The number of methoxy groups -OCH3 is 1. The smallest absolute Gasteiger partial charge is 0.244 e. The summed E-state index contributed by atoms with van der Waals surface area (Å²) in [4.78, 5) is 0.147. The van der Waals surface area contributed by atoms with Gasteiger partial charge in [-0.05, 0) is 38.0 Å². The van der Waals surface area contributed by atoms with E-state index in [1.807, 2.05) is 6.92 Å². The summed E-state index contributed by atoms with van der Waals surface area (Å²) in [7, 11) is -2.15. The Morgan fingerprint density at radius 2 is 2.20 bits per heavy atom. The molecule has 112 valence electrons. The lowest BCUT2D eigenvalue weighted by molar-refractivity contribution is 0.0173. The molecule has 1 aliphatic heterocycles. The summed E-state index contributed by atoms with van der Waals surface area (Å²) in [6.45, 7) is 2.52. The highest BCUT2D eigenvalue weighted by atomic mass is 79.9. The molecular formula is C13H18BrNO4S. The van der Waals surface area contributed by atoms with Crippen molar-refractivity contribution in [2.75, 3.05) is 13.7 Å². The number of hydrogen-bond acceptors (Lipinski definition) is 4. The van der Waals surface area contributed by atoms with E-state index in [4.69, 9.17) is 9.47 Å². The number of benzene rings is 1. The van der Waals surface area contributed by atoms with Gasteiger partial charge in [0.2, 0.25) is 10.0 Å². The molecule has 2 rings (SSSR count). The molecule has 0 radical (unpaired) electrons. The highest BCUT2D eigenvalue weighted by Gasteiger charge is 2.27. The van der Waals surface area contributed by atoms with E-state index in [9.17, 15) is 8.42 Å². The molecular weight excluding hydrogens is 346 g/mol. The third-order valence-corrected chi connectivity index (χ3v) is 5.26. The van der Waals surface area contributed by atoms with Crippen molar-refractivity contribution in [2.24, 2.45) is 0 Å². The van der Waals surface area contributed by atoms with Crippen LogP contribution in [0.1, 0.15) is 19.8 Å². The Labute approximate surface area is 127 Å². The molecule has 5 nitrogen and oxygen atoms in total. The molecule has 0 bridgehead atoms. The van der Waals surface area contributed by atoms with Crippen LogP contribution in [0.5, 0.6) is 5.75 Å². The first-order chi connectivity index (χ1) is 9.42. The topological polar surface area (TPSA) is 64.6 Å². The second kappa shape index (κ2) is 6.43. The number of rotatable bonds is 4. The van der Waals surface area contributed by atoms with Gasteiger partial charge in [0.1, 0.15) is 10.6 Å². The predicted molar refractivity (Wildman–Crippen MR) is 79.5 cm³/mol. The molecule has 0 aliphatic carbocycles. The first kappa shape index (κ1) is 15.8. The van der Waals surface area contributed by atoms with Crippen molar-refractivity contribution in [3.05, 3.63) is 22.7 Å². The van der Waals surface area contributed by atoms with E-state index < -0.39 is 10.0 Å². The maximum absolute atomic E-state index is 12.5. The number of hydrogen-bond donors (Lipinski definition) is 1. The van der Waals surface area contributed by atoms with E-state index in [1.165, 1.54) is 7.11 Å². The Balaban J connectivity index is 2.24. The number of ether oxygens (including phenoxy) is 2. The van der Waals surface area contributed by atoms with E-state index in [2.05, 4.69) is 20.7 Å². The van der Waals surface area contributed by atoms with Gasteiger partial charge in [-0.15, -0.1) is 0 Å². The van der Waals surface area contributed by atoms with Gasteiger partial charge in [-0.3, -0.25) is 0 Å². The Morgan fingerprint density at radius 1 is 1.45 bits per heavy atom. The summed E-state index contributed by atoms with van der Waals surface area (Å²) in [5.41, 5.74) is 0. The zero-order chi connectivity index (χ0) is 14.8. The average molecular weight is 364 g/mol. The maximum Gasteiger partial charge on any atom is 0.244 e. The van der Waals surface area contributed by atoms with Crippen molar-refractivity contribution in [2.45, 2.75) is 36.8 Å². The zero-order valence-corrected chi connectivity index (χ0v) is 13.8. The van der Waals surface area contributed by atoms with Crippen LogP contribution in [-0.2, 0) is 14.8 Å². The second-order valence-corrected chi connectivity index (χ2v) is 7.42. The Kier molecular flexibility index (Phi) is 5.06. The van der Waals surface area contributed by atoms with Crippen LogP contribution < -0.4 is 9.46 Å². The molecule has 0 amide bonds. The molecule has 1 heterocycles. The van der Waals surface area contributed by atoms with Crippen molar-refractivity contribution >= 4 is 26.0 Å². The number of halogens is 1. The molecule has 1 saturated heterocycles. The molecule has 1 fully saturated rings. The lowest BCUT2D eigenvalue weighted by Gasteiger charge is -2.27. The van der Waals surface area contributed by atoms with Crippen molar-refractivity contribution in [1.29, 1.82) is 0 Å². The molecule has 1 N–H and O–H groups in total. The maximum atomic E-state index is 12.5. The summed E-state index contributed by atoms with van der Waals surface area (Å²) in [6.07, 6.45) is 1.43. The minimum Gasteiger partial charge on any atom is -0.495 e. The third kappa shape index (κ3) is 3.72. The lowest BCUT2D eigenvalue weighted by atomic mass is 10.1. The van der Waals surface area contributed by atoms with Crippen molar-refractivity contribution in [3.63, 3.8) is 0 Å². The molecule has 1 aromatic carbocycles. The van der Waals surface area contributed by atoms with Crippen molar-refractivity contribution in [3.8, 4) is 5.75 Å². The van der Waals surface area contributed by atoms with E-state index in [1.54, 1.807) is 18.2 Å². The van der Waals surface area contributed by atoms with Gasteiger partial charge in [0.15, 0.2) is 0 Å². The SMILES string of the molecule is COc1ccc(Br)cc1S(=O)(=O)NC1CCOC(C)C1. The van der Waals surface area contributed by atoms with Gasteiger partial charge < -0.3 is 9.47 Å². The Hall–Kier alpha value is -0.630. The molecule has 2 unspecified atom stereocenters. The summed E-state index contributed by atoms with van der Waals surface area (Å²) in [5, 5.41) is 0. The molecule has 20 heavy (non-hydrogen) atoms. The zero-order valence-electron chi connectivity index (χ0n) is 11.4. The fraction of sp³-hybridized carbons (Fsp3) is 0.538. The fourth-order valence-electron chi connectivity index (χ4n) is 2.25. The van der Waals surface area contributed by atoms with Crippen LogP contribution in [0.2, 0.25) is 0 Å². The first-order valence-corrected chi connectivity index (χ1v) is 8.67. The van der Waals surface area contributed by atoms with Crippen LogP contribution >= 0.6 is 15.9 Å². The third-order valence-electron chi connectivity index (χ3n) is 3.22. The lowest BCUT2D eigenvalue weighted by Crippen LogP contribution is -2.41. The van der Waals surface area contributed by atoms with Crippen LogP contribution in [0.15, 0.2) is 27.6 Å². The highest BCUT2D eigenvalue weighted by molar-refractivity contribution is 9.10. The summed E-state index contributed by atoms with van der Waals surface area (Å²) in [5.74, 6) is 0.334. The largest absolute Gasteiger partial charge is 0.495 e. The van der Waals surface area contributed by atoms with Gasteiger partial charge in [0, 0.05) is 17.1 Å². The fourth-order valence-corrected chi connectivity index (χ4v) is 4.24. The first-order valence-electron chi connectivity index (χ1n) is 6.40. The van der Waals surface area contributed by atoms with E-state index >= 15 is 0 Å². The number of sulfonamides is 1. The molecule has 0 aromatic heterocycles. The van der Waals surface area contributed by atoms with Crippen LogP contribution in [0, 0.1) is 0 Å². The van der Waals surface area contributed by atoms with Crippen LogP contribution in [0.3, 0.4) is 0 Å². The minimum atomic E-state index is -3.61. The summed E-state index contributed by atoms with van der Waals surface area (Å²) in [6, 6.07) is 4.82. The van der Waals surface area contributed by atoms with Gasteiger partial charge in [-0.1, -0.05) is 15.9 Å². The summed E-state index contributed by atoms with van der Waals surface area (Å²) >= 11 is 3.28. The standard InChI is InChI=1S/C13H18BrNO4S/c1-9-7-11(5-6-19-9)15-20(16,17)13-8-10(14)3-4-12(13)18-2/h3-4,8-9,11,15H,5-7H2,1-2H3. The van der Waals surface area contributed by atoms with Gasteiger partial charge in [0.05, 0.1) is 13.2 Å². The minimum absolute atomic E-state index is 0.0702. The molecule has 0 spiro atoms. The van der Waals surface area contributed by atoms with Crippen molar-refractivity contribution < 1.29 is 17.9 Å². The van der Waals surface area contributed by atoms with E-state index in [-0.39, 0.29) is 17.0 Å².